The number of nitrogens with zero attached hydrogens (tertiary/aromatic N) is 2. The smallest absolute Gasteiger partial charge is 0.241 e. The molecule has 1 heterocycles. The second-order valence-electron chi connectivity index (χ2n) is 4.21. The molecule has 2 aromatic rings. The van der Waals surface area contributed by atoms with Crippen molar-refractivity contribution in [2.45, 2.75) is 13.0 Å². The van der Waals surface area contributed by atoms with Gasteiger partial charge in [-0.2, -0.15) is 4.98 Å². The van der Waals surface area contributed by atoms with Gasteiger partial charge in [-0.05, 0) is 30.2 Å². The van der Waals surface area contributed by atoms with Crippen LogP contribution in [0, 0.1) is 6.92 Å². The Morgan fingerprint density at radius 2 is 2.00 bits per heavy atom. The van der Waals surface area contributed by atoms with Crippen molar-refractivity contribution in [3.63, 3.8) is 0 Å². The Morgan fingerprint density at radius 3 is 2.60 bits per heavy atom. The molecule has 5 nitrogen and oxygen atoms in total. The highest BCUT2D eigenvalue weighted by molar-refractivity contribution is 6.30. The Bertz CT molecular complexity index is 619. The maximum atomic E-state index is 10.5. The normalized spacial score (nSPS) is 12.1. The monoisotopic (exact) mass is 294 g/mol. The zero-order chi connectivity index (χ0) is 14.7. The minimum Gasteiger partial charge on any atom is -0.480 e. The first-order valence-electron chi connectivity index (χ1n) is 5.96. The molecule has 1 atom stereocenters. The van der Waals surface area contributed by atoms with Crippen LogP contribution in [0.1, 0.15) is 22.9 Å². The number of aromatic nitrogens is 2. The Labute approximate surface area is 122 Å². The number of hydrogen-bond acceptors (Lipinski definition) is 5. The highest BCUT2D eigenvalue weighted by Gasteiger charge is 2.20. The third kappa shape index (κ3) is 2.84. The van der Waals surface area contributed by atoms with Gasteiger partial charge in [0.1, 0.15) is 11.8 Å². The van der Waals surface area contributed by atoms with Gasteiger partial charge in [-0.3, -0.25) is 0 Å². The molecule has 0 bridgehead atoms. The summed E-state index contributed by atoms with van der Waals surface area (Å²) >= 11 is 5.91. The molecule has 2 rings (SSSR count). The first-order valence-corrected chi connectivity index (χ1v) is 6.33. The third-order valence-electron chi connectivity index (χ3n) is 2.93. The maximum Gasteiger partial charge on any atom is 0.241 e. The van der Waals surface area contributed by atoms with Gasteiger partial charge in [0.25, 0.3) is 0 Å². The number of aryl methyl sites for hydroxylation is 1. The van der Waals surface area contributed by atoms with E-state index in [9.17, 15) is 5.11 Å². The van der Waals surface area contributed by atoms with Crippen molar-refractivity contribution in [1.29, 1.82) is 0 Å². The molecule has 0 amide bonds. The van der Waals surface area contributed by atoms with Gasteiger partial charge in [0.15, 0.2) is 0 Å². The van der Waals surface area contributed by atoms with Crippen LogP contribution in [0.5, 0.6) is 11.8 Å². The molecule has 1 aromatic carbocycles. The van der Waals surface area contributed by atoms with E-state index in [2.05, 4.69) is 9.97 Å². The number of ether oxygens (including phenoxy) is 2. The number of methoxy groups -OCH3 is 2. The van der Waals surface area contributed by atoms with Crippen LogP contribution in [0.25, 0.3) is 0 Å². The lowest BCUT2D eigenvalue weighted by Gasteiger charge is -2.16. The number of benzene rings is 1. The van der Waals surface area contributed by atoms with Crippen molar-refractivity contribution in [2.75, 3.05) is 14.2 Å². The van der Waals surface area contributed by atoms with Crippen molar-refractivity contribution < 1.29 is 14.6 Å². The molecule has 0 aliphatic rings. The van der Waals surface area contributed by atoms with Gasteiger partial charge in [0, 0.05) is 5.02 Å². The molecule has 1 unspecified atom stereocenters. The lowest BCUT2D eigenvalue weighted by molar-refractivity contribution is 0.206. The standard InChI is InChI=1S/C14H15ClN2O3/c1-8-6-9(15)4-5-10(8)13(18)12-14(20-3)17-11(19-2)7-16-12/h4-7,13,18H,1-3H3. The third-order valence-corrected chi connectivity index (χ3v) is 3.17. The molecular weight excluding hydrogens is 280 g/mol. The van der Waals surface area contributed by atoms with E-state index in [0.717, 1.165) is 5.56 Å². The van der Waals surface area contributed by atoms with Gasteiger partial charge in [-0.1, -0.05) is 17.7 Å². The zero-order valence-electron chi connectivity index (χ0n) is 11.4. The van der Waals surface area contributed by atoms with Crippen LogP contribution in [0.4, 0.5) is 0 Å². The summed E-state index contributed by atoms with van der Waals surface area (Å²) in [7, 11) is 2.96. The van der Waals surface area contributed by atoms with E-state index in [4.69, 9.17) is 21.1 Å². The van der Waals surface area contributed by atoms with Crippen LogP contribution in [0.15, 0.2) is 24.4 Å². The van der Waals surface area contributed by atoms with E-state index in [1.54, 1.807) is 18.2 Å². The molecular formula is C14H15ClN2O3. The molecule has 0 aliphatic carbocycles. The Kier molecular flexibility index (Phi) is 4.42. The second kappa shape index (κ2) is 6.07. The summed E-state index contributed by atoms with van der Waals surface area (Å²) in [5.74, 6) is 0.553. The molecule has 20 heavy (non-hydrogen) atoms. The van der Waals surface area contributed by atoms with E-state index in [1.807, 2.05) is 6.92 Å². The number of aliphatic hydroxyl groups excluding tert-OH is 1. The van der Waals surface area contributed by atoms with Crippen molar-refractivity contribution >= 4 is 11.6 Å². The largest absolute Gasteiger partial charge is 0.480 e. The molecule has 1 N–H and O–H groups in total. The number of rotatable bonds is 4. The average molecular weight is 295 g/mol. The van der Waals surface area contributed by atoms with Gasteiger partial charge in [0.2, 0.25) is 11.8 Å². The summed E-state index contributed by atoms with van der Waals surface area (Å²) in [6, 6.07) is 5.26. The summed E-state index contributed by atoms with van der Waals surface area (Å²) in [4.78, 5) is 8.28. The number of hydrogen-bond donors (Lipinski definition) is 1. The van der Waals surface area contributed by atoms with E-state index in [-0.39, 0.29) is 5.88 Å². The summed E-state index contributed by atoms with van der Waals surface area (Å²) < 4.78 is 10.1. The number of aliphatic hydroxyl groups is 1. The first-order chi connectivity index (χ1) is 9.56. The summed E-state index contributed by atoms with van der Waals surface area (Å²) in [6.45, 7) is 1.87. The molecule has 0 saturated carbocycles. The van der Waals surface area contributed by atoms with Crippen LogP contribution >= 0.6 is 11.6 Å². The lowest BCUT2D eigenvalue weighted by atomic mass is 10.0. The molecule has 0 aliphatic heterocycles. The fraction of sp³-hybridized carbons (Fsp3) is 0.286. The fourth-order valence-electron chi connectivity index (χ4n) is 1.90. The predicted octanol–water partition coefficient (Wildman–Crippen LogP) is 2.54. The van der Waals surface area contributed by atoms with Crippen LogP contribution in [-0.2, 0) is 0 Å². The van der Waals surface area contributed by atoms with Crippen LogP contribution in [-0.4, -0.2) is 29.3 Å². The Balaban J connectivity index is 2.44. The van der Waals surface area contributed by atoms with Crippen molar-refractivity contribution in [3.05, 3.63) is 46.2 Å². The van der Waals surface area contributed by atoms with Crippen molar-refractivity contribution in [2.24, 2.45) is 0 Å². The summed E-state index contributed by atoms with van der Waals surface area (Å²) in [5, 5.41) is 11.1. The predicted molar refractivity (Wildman–Crippen MR) is 75.4 cm³/mol. The highest BCUT2D eigenvalue weighted by atomic mass is 35.5. The Hall–Kier alpha value is -1.85. The van der Waals surface area contributed by atoms with Crippen LogP contribution in [0.2, 0.25) is 5.02 Å². The second-order valence-corrected chi connectivity index (χ2v) is 4.65. The van der Waals surface area contributed by atoms with Gasteiger partial charge in [0.05, 0.1) is 20.4 Å². The van der Waals surface area contributed by atoms with E-state index in [0.29, 0.717) is 22.2 Å². The Morgan fingerprint density at radius 1 is 1.25 bits per heavy atom. The molecule has 0 radical (unpaired) electrons. The lowest BCUT2D eigenvalue weighted by Crippen LogP contribution is -2.08. The molecule has 0 spiro atoms. The molecule has 106 valence electrons. The SMILES string of the molecule is COc1cnc(C(O)c2ccc(Cl)cc2C)c(OC)n1. The summed E-state index contributed by atoms with van der Waals surface area (Å²) in [6.07, 6.45) is 0.493. The van der Waals surface area contributed by atoms with Crippen molar-refractivity contribution in [1.82, 2.24) is 9.97 Å². The van der Waals surface area contributed by atoms with Gasteiger partial charge in [-0.15, -0.1) is 0 Å². The quantitative estimate of drug-likeness (QED) is 0.939. The highest BCUT2D eigenvalue weighted by Crippen LogP contribution is 2.30. The van der Waals surface area contributed by atoms with E-state index in [1.165, 1.54) is 20.4 Å². The van der Waals surface area contributed by atoms with Gasteiger partial charge >= 0.3 is 0 Å². The van der Waals surface area contributed by atoms with E-state index < -0.39 is 6.10 Å². The maximum absolute atomic E-state index is 10.5. The molecule has 6 heteroatoms. The molecule has 0 fully saturated rings. The first kappa shape index (κ1) is 14.6. The average Bonchev–Trinajstić information content (AvgIpc) is 2.46. The summed E-state index contributed by atoms with van der Waals surface area (Å²) in [5.41, 5.74) is 1.90. The fourth-order valence-corrected chi connectivity index (χ4v) is 2.12. The molecule has 1 aromatic heterocycles. The van der Waals surface area contributed by atoms with Crippen LogP contribution in [0.3, 0.4) is 0 Å². The van der Waals surface area contributed by atoms with E-state index >= 15 is 0 Å². The topological polar surface area (TPSA) is 64.5 Å². The van der Waals surface area contributed by atoms with Crippen LogP contribution < -0.4 is 9.47 Å². The van der Waals surface area contributed by atoms with Gasteiger partial charge < -0.3 is 14.6 Å². The van der Waals surface area contributed by atoms with Crippen molar-refractivity contribution in [3.8, 4) is 11.8 Å². The minimum atomic E-state index is -0.944. The zero-order valence-corrected chi connectivity index (χ0v) is 12.2. The minimum absolute atomic E-state index is 0.228. The number of halogens is 1. The van der Waals surface area contributed by atoms with Gasteiger partial charge in [-0.25, -0.2) is 4.98 Å². The molecule has 0 saturated heterocycles.